The number of carbonyl (C=O) groups is 2. The highest BCUT2D eigenvalue weighted by Gasteiger charge is 2.29. The average molecular weight is 184 g/mol. The lowest BCUT2D eigenvalue weighted by molar-refractivity contribution is -0.144. The first-order valence-corrected chi connectivity index (χ1v) is 4.59. The molecular formula is C9H16N2O2. The Hall–Kier alpha value is -1.06. The van der Waals surface area contributed by atoms with E-state index in [0.717, 1.165) is 0 Å². The van der Waals surface area contributed by atoms with Gasteiger partial charge < -0.3 is 10.2 Å². The van der Waals surface area contributed by atoms with Crippen molar-refractivity contribution in [3.8, 4) is 0 Å². The van der Waals surface area contributed by atoms with Gasteiger partial charge in [-0.2, -0.15) is 0 Å². The Morgan fingerprint density at radius 1 is 1.54 bits per heavy atom. The summed E-state index contributed by atoms with van der Waals surface area (Å²) in [5.41, 5.74) is 0. The fraction of sp³-hybridized carbons (Fsp3) is 0.778. The topological polar surface area (TPSA) is 49.4 Å². The van der Waals surface area contributed by atoms with Crippen LogP contribution in [0, 0.1) is 5.92 Å². The minimum atomic E-state index is -0.361. The Morgan fingerprint density at radius 3 is 2.69 bits per heavy atom. The third kappa shape index (κ3) is 2.44. The minimum Gasteiger partial charge on any atom is -0.343 e. The standard InChI is InChI=1S/C9H16N2O2/c1-6(2)4-11-5-8(12)10-7(3)9(11)13/h6-7H,4-5H2,1-3H3,(H,10,12). The van der Waals surface area contributed by atoms with Gasteiger partial charge in [-0.1, -0.05) is 13.8 Å². The maximum Gasteiger partial charge on any atom is 0.245 e. The van der Waals surface area contributed by atoms with Crippen LogP contribution in [0.15, 0.2) is 0 Å². The van der Waals surface area contributed by atoms with Gasteiger partial charge in [-0.05, 0) is 12.8 Å². The van der Waals surface area contributed by atoms with E-state index in [0.29, 0.717) is 12.5 Å². The van der Waals surface area contributed by atoms with Crippen LogP contribution in [0.2, 0.25) is 0 Å². The van der Waals surface area contributed by atoms with E-state index >= 15 is 0 Å². The number of hydrogen-bond donors (Lipinski definition) is 1. The van der Waals surface area contributed by atoms with Gasteiger partial charge >= 0.3 is 0 Å². The number of nitrogens with one attached hydrogen (secondary N) is 1. The van der Waals surface area contributed by atoms with Gasteiger partial charge in [0.25, 0.3) is 0 Å². The van der Waals surface area contributed by atoms with Crippen LogP contribution in [0.1, 0.15) is 20.8 Å². The predicted octanol–water partition coefficient (Wildman–Crippen LogP) is -0.0107. The van der Waals surface area contributed by atoms with E-state index in [1.165, 1.54) is 0 Å². The second-order valence-corrected chi connectivity index (χ2v) is 3.90. The highest BCUT2D eigenvalue weighted by molar-refractivity contribution is 5.94. The van der Waals surface area contributed by atoms with Crippen molar-refractivity contribution >= 4 is 11.8 Å². The lowest BCUT2D eigenvalue weighted by atomic mass is 10.1. The van der Waals surface area contributed by atoms with Gasteiger partial charge in [0.05, 0.1) is 6.54 Å². The van der Waals surface area contributed by atoms with Gasteiger partial charge in [-0.3, -0.25) is 9.59 Å². The summed E-state index contributed by atoms with van der Waals surface area (Å²) in [7, 11) is 0. The Bertz CT molecular complexity index is 226. The highest BCUT2D eigenvalue weighted by atomic mass is 16.2. The van der Waals surface area contributed by atoms with Crippen molar-refractivity contribution < 1.29 is 9.59 Å². The molecule has 1 aliphatic heterocycles. The van der Waals surface area contributed by atoms with Gasteiger partial charge in [0, 0.05) is 6.54 Å². The van der Waals surface area contributed by atoms with E-state index < -0.39 is 0 Å². The third-order valence-corrected chi connectivity index (χ3v) is 1.98. The Kier molecular flexibility index (Phi) is 2.90. The van der Waals surface area contributed by atoms with E-state index in [4.69, 9.17) is 0 Å². The van der Waals surface area contributed by atoms with Gasteiger partial charge in [-0.15, -0.1) is 0 Å². The molecule has 1 unspecified atom stereocenters. The smallest absolute Gasteiger partial charge is 0.245 e. The summed E-state index contributed by atoms with van der Waals surface area (Å²) in [5, 5.41) is 2.60. The molecule has 0 spiro atoms. The van der Waals surface area contributed by atoms with Crippen molar-refractivity contribution in [2.24, 2.45) is 5.92 Å². The molecule has 1 N–H and O–H groups in total. The molecule has 1 saturated heterocycles. The molecule has 1 rings (SSSR count). The average Bonchev–Trinajstić information content (AvgIpc) is 1.98. The molecule has 4 nitrogen and oxygen atoms in total. The Balaban J connectivity index is 2.61. The molecule has 13 heavy (non-hydrogen) atoms. The second kappa shape index (κ2) is 3.77. The van der Waals surface area contributed by atoms with Crippen LogP contribution in [0.3, 0.4) is 0 Å². The summed E-state index contributed by atoms with van der Waals surface area (Å²) >= 11 is 0. The lowest BCUT2D eigenvalue weighted by Gasteiger charge is -2.31. The van der Waals surface area contributed by atoms with Crippen LogP contribution in [0.25, 0.3) is 0 Å². The number of nitrogens with zero attached hydrogens (tertiary/aromatic N) is 1. The molecule has 0 aromatic carbocycles. The second-order valence-electron chi connectivity index (χ2n) is 3.90. The molecule has 1 heterocycles. The Morgan fingerprint density at radius 2 is 2.15 bits per heavy atom. The molecule has 0 saturated carbocycles. The molecule has 74 valence electrons. The summed E-state index contributed by atoms with van der Waals surface area (Å²) in [6, 6.07) is -0.361. The number of hydrogen-bond acceptors (Lipinski definition) is 2. The predicted molar refractivity (Wildman–Crippen MR) is 49.0 cm³/mol. The quantitative estimate of drug-likeness (QED) is 0.656. The molecule has 0 bridgehead atoms. The molecule has 2 amide bonds. The van der Waals surface area contributed by atoms with Crippen molar-refractivity contribution in [2.45, 2.75) is 26.8 Å². The molecule has 4 heteroatoms. The lowest BCUT2D eigenvalue weighted by Crippen LogP contribution is -2.57. The van der Waals surface area contributed by atoms with Crippen LogP contribution in [0.4, 0.5) is 0 Å². The number of carbonyl (C=O) groups excluding carboxylic acids is 2. The van der Waals surface area contributed by atoms with E-state index in [9.17, 15) is 9.59 Å². The fourth-order valence-electron chi connectivity index (χ4n) is 1.47. The largest absolute Gasteiger partial charge is 0.343 e. The zero-order valence-electron chi connectivity index (χ0n) is 8.33. The molecule has 1 atom stereocenters. The van der Waals surface area contributed by atoms with Crippen molar-refractivity contribution in [2.75, 3.05) is 13.1 Å². The summed E-state index contributed by atoms with van der Waals surface area (Å²) in [6.45, 7) is 6.65. The zero-order valence-corrected chi connectivity index (χ0v) is 8.33. The third-order valence-electron chi connectivity index (χ3n) is 1.98. The normalized spacial score (nSPS) is 23.7. The van der Waals surface area contributed by atoms with Crippen LogP contribution in [-0.4, -0.2) is 35.8 Å². The van der Waals surface area contributed by atoms with Gasteiger partial charge in [-0.25, -0.2) is 0 Å². The highest BCUT2D eigenvalue weighted by Crippen LogP contribution is 2.05. The first-order chi connectivity index (χ1) is 6.00. The first kappa shape index (κ1) is 10.0. The SMILES string of the molecule is CC(C)CN1CC(=O)NC(C)C1=O. The van der Waals surface area contributed by atoms with Crippen molar-refractivity contribution in [3.05, 3.63) is 0 Å². The number of rotatable bonds is 2. The molecule has 1 aliphatic rings. The summed E-state index contributed by atoms with van der Waals surface area (Å²) in [4.78, 5) is 24.2. The Labute approximate surface area is 78.3 Å². The van der Waals surface area contributed by atoms with E-state index in [1.807, 2.05) is 13.8 Å². The maximum absolute atomic E-state index is 11.5. The maximum atomic E-state index is 11.5. The number of piperazine rings is 1. The molecule has 0 radical (unpaired) electrons. The number of amides is 2. The van der Waals surface area contributed by atoms with Crippen molar-refractivity contribution in [1.82, 2.24) is 10.2 Å². The monoisotopic (exact) mass is 184 g/mol. The van der Waals surface area contributed by atoms with Crippen LogP contribution < -0.4 is 5.32 Å². The molecule has 0 aromatic heterocycles. The van der Waals surface area contributed by atoms with E-state index in [-0.39, 0.29) is 24.4 Å². The van der Waals surface area contributed by atoms with E-state index in [1.54, 1.807) is 11.8 Å². The first-order valence-electron chi connectivity index (χ1n) is 4.59. The summed E-state index contributed by atoms with van der Waals surface area (Å²) < 4.78 is 0. The fourth-order valence-corrected chi connectivity index (χ4v) is 1.47. The summed E-state index contributed by atoms with van der Waals surface area (Å²) in [5.74, 6) is 0.364. The zero-order chi connectivity index (χ0) is 10.0. The van der Waals surface area contributed by atoms with Gasteiger partial charge in [0.1, 0.15) is 6.04 Å². The molecule has 0 aromatic rings. The van der Waals surface area contributed by atoms with Gasteiger partial charge in [0.2, 0.25) is 11.8 Å². The van der Waals surface area contributed by atoms with Crippen LogP contribution in [-0.2, 0) is 9.59 Å². The summed E-state index contributed by atoms with van der Waals surface area (Å²) in [6.07, 6.45) is 0. The minimum absolute atomic E-state index is 0.0216. The van der Waals surface area contributed by atoms with Crippen LogP contribution >= 0.6 is 0 Å². The van der Waals surface area contributed by atoms with Gasteiger partial charge in [0.15, 0.2) is 0 Å². The molecule has 1 fully saturated rings. The van der Waals surface area contributed by atoms with E-state index in [2.05, 4.69) is 5.32 Å². The van der Waals surface area contributed by atoms with Crippen molar-refractivity contribution in [3.63, 3.8) is 0 Å². The molecular weight excluding hydrogens is 168 g/mol. The van der Waals surface area contributed by atoms with Crippen LogP contribution in [0.5, 0.6) is 0 Å². The van der Waals surface area contributed by atoms with Crippen molar-refractivity contribution in [1.29, 1.82) is 0 Å². The molecule has 0 aliphatic carbocycles.